The van der Waals surface area contributed by atoms with Crippen molar-refractivity contribution >= 4 is 0 Å². The first kappa shape index (κ1) is 11.8. The van der Waals surface area contributed by atoms with Crippen LogP contribution in [0.5, 0.6) is 0 Å². The van der Waals surface area contributed by atoms with Gasteiger partial charge in [0.1, 0.15) is 0 Å². The minimum absolute atomic E-state index is 0.0971. The molecule has 2 rings (SSSR count). The summed E-state index contributed by atoms with van der Waals surface area (Å²) in [5.41, 5.74) is 3.85. The molecule has 0 fully saturated rings. The molecule has 0 aliphatic heterocycles. The number of hydrogen-bond acceptors (Lipinski definition) is 2. The second kappa shape index (κ2) is 4.28. The number of hydrogen-bond donors (Lipinski definition) is 0. The van der Waals surface area contributed by atoms with Crippen molar-refractivity contribution in [3.63, 3.8) is 0 Å². The summed E-state index contributed by atoms with van der Waals surface area (Å²) in [6, 6.07) is 8.16. The third-order valence-corrected chi connectivity index (χ3v) is 2.83. The second-order valence-corrected chi connectivity index (χ2v) is 5.32. The Labute approximate surface area is 103 Å². The zero-order valence-corrected chi connectivity index (χ0v) is 10.9. The molecule has 0 amide bonds. The van der Waals surface area contributed by atoms with Gasteiger partial charge < -0.3 is 0 Å². The molecule has 1 aromatic heterocycles. The molecule has 0 saturated carbocycles. The van der Waals surface area contributed by atoms with Crippen molar-refractivity contribution in [3.8, 4) is 11.4 Å². The molecule has 0 aliphatic carbocycles. The number of rotatable bonds is 1. The predicted octanol–water partition coefficient (Wildman–Crippen LogP) is 3.75. The van der Waals surface area contributed by atoms with Crippen LogP contribution in [0.3, 0.4) is 0 Å². The van der Waals surface area contributed by atoms with Gasteiger partial charge in [-0.25, -0.2) is 9.97 Å². The van der Waals surface area contributed by atoms with Crippen LogP contribution in [0.1, 0.15) is 31.9 Å². The van der Waals surface area contributed by atoms with E-state index in [0.717, 1.165) is 11.4 Å². The Balaban J connectivity index is 2.67. The average Bonchev–Trinajstić information content (AvgIpc) is 2.28. The zero-order chi connectivity index (χ0) is 12.5. The largest absolute Gasteiger partial charge is 0.237 e. The van der Waals surface area contributed by atoms with Crippen molar-refractivity contribution in [2.24, 2.45) is 0 Å². The maximum absolute atomic E-state index is 4.35. The van der Waals surface area contributed by atoms with Gasteiger partial charge in [-0.15, -0.1) is 0 Å². The molecule has 0 radical (unpaired) electrons. The zero-order valence-electron chi connectivity index (χ0n) is 10.9. The van der Waals surface area contributed by atoms with Crippen molar-refractivity contribution in [3.05, 3.63) is 47.8 Å². The van der Waals surface area contributed by atoms with Crippen molar-refractivity contribution in [2.75, 3.05) is 0 Å². The topological polar surface area (TPSA) is 25.8 Å². The van der Waals surface area contributed by atoms with Crippen LogP contribution in [0.15, 0.2) is 36.7 Å². The Morgan fingerprint density at radius 1 is 0.941 bits per heavy atom. The summed E-state index contributed by atoms with van der Waals surface area (Å²) in [6.45, 7) is 8.82. The maximum atomic E-state index is 4.35. The van der Waals surface area contributed by atoms with Gasteiger partial charge in [-0.1, -0.05) is 39.0 Å². The summed E-state index contributed by atoms with van der Waals surface area (Å²) in [5.74, 6) is 0.807. The summed E-state index contributed by atoms with van der Waals surface area (Å²) >= 11 is 0. The first-order valence-electron chi connectivity index (χ1n) is 5.87. The van der Waals surface area contributed by atoms with Gasteiger partial charge in [0.15, 0.2) is 5.82 Å². The lowest BCUT2D eigenvalue weighted by molar-refractivity contribution is 0.587. The average molecular weight is 226 g/mol. The molecule has 2 heteroatoms. The molecule has 2 aromatic rings. The van der Waals surface area contributed by atoms with E-state index in [2.05, 4.69) is 55.9 Å². The fourth-order valence-electron chi connectivity index (χ4n) is 2.29. The molecule has 1 heterocycles. The quantitative estimate of drug-likeness (QED) is 0.740. The molecule has 0 atom stereocenters. The van der Waals surface area contributed by atoms with Gasteiger partial charge in [0.2, 0.25) is 0 Å². The van der Waals surface area contributed by atoms with E-state index in [1.165, 1.54) is 11.1 Å². The Kier molecular flexibility index (Phi) is 2.97. The number of benzene rings is 1. The lowest BCUT2D eigenvalue weighted by Crippen LogP contribution is -2.15. The van der Waals surface area contributed by atoms with Crippen molar-refractivity contribution in [1.29, 1.82) is 0 Å². The normalized spacial score (nSPS) is 11.5. The maximum Gasteiger partial charge on any atom is 0.159 e. The van der Waals surface area contributed by atoms with Crippen LogP contribution < -0.4 is 0 Å². The summed E-state index contributed by atoms with van der Waals surface area (Å²) in [7, 11) is 0. The lowest BCUT2D eigenvalue weighted by Gasteiger charge is -2.24. The van der Waals surface area contributed by atoms with Gasteiger partial charge >= 0.3 is 0 Å². The van der Waals surface area contributed by atoms with Crippen molar-refractivity contribution in [1.82, 2.24) is 9.97 Å². The van der Waals surface area contributed by atoms with Gasteiger partial charge in [0.25, 0.3) is 0 Å². The molecule has 2 nitrogen and oxygen atoms in total. The third-order valence-electron chi connectivity index (χ3n) is 2.83. The predicted molar refractivity (Wildman–Crippen MR) is 70.9 cm³/mol. The number of aryl methyl sites for hydroxylation is 1. The molecule has 17 heavy (non-hydrogen) atoms. The van der Waals surface area contributed by atoms with Crippen LogP contribution in [-0.4, -0.2) is 9.97 Å². The Morgan fingerprint density at radius 3 is 2.18 bits per heavy atom. The van der Waals surface area contributed by atoms with Gasteiger partial charge in [-0.3, -0.25) is 0 Å². The fourth-order valence-corrected chi connectivity index (χ4v) is 2.29. The molecule has 0 saturated heterocycles. The highest BCUT2D eigenvalue weighted by atomic mass is 14.9. The van der Waals surface area contributed by atoms with Crippen LogP contribution in [-0.2, 0) is 5.41 Å². The Morgan fingerprint density at radius 2 is 1.59 bits per heavy atom. The first-order valence-corrected chi connectivity index (χ1v) is 5.87. The van der Waals surface area contributed by atoms with E-state index in [4.69, 9.17) is 0 Å². The van der Waals surface area contributed by atoms with Crippen LogP contribution in [0.2, 0.25) is 0 Å². The van der Waals surface area contributed by atoms with Crippen LogP contribution in [0.4, 0.5) is 0 Å². The van der Waals surface area contributed by atoms with Gasteiger partial charge in [-0.05, 0) is 29.5 Å². The molecular formula is C15H18N2. The highest BCUT2D eigenvalue weighted by molar-refractivity contribution is 5.64. The third kappa shape index (κ3) is 2.36. The van der Waals surface area contributed by atoms with Crippen LogP contribution in [0, 0.1) is 6.92 Å². The molecular weight excluding hydrogens is 208 g/mol. The lowest BCUT2D eigenvalue weighted by atomic mass is 9.80. The van der Waals surface area contributed by atoms with E-state index in [1.807, 2.05) is 6.07 Å². The first-order chi connectivity index (χ1) is 8.00. The minimum Gasteiger partial charge on any atom is -0.237 e. The highest BCUT2D eigenvalue weighted by Gasteiger charge is 2.21. The van der Waals surface area contributed by atoms with E-state index < -0.39 is 0 Å². The van der Waals surface area contributed by atoms with E-state index in [-0.39, 0.29) is 5.41 Å². The van der Waals surface area contributed by atoms with Crippen molar-refractivity contribution < 1.29 is 0 Å². The molecule has 88 valence electrons. The smallest absolute Gasteiger partial charge is 0.159 e. The molecule has 0 unspecified atom stereocenters. The van der Waals surface area contributed by atoms with Gasteiger partial charge in [0.05, 0.1) is 0 Å². The summed E-state index contributed by atoms with van der Waals surface area (Å²) in [5, 5.41) is 0. The molecule has 0 aliphatic rings. The SMILES string of the molecule is Cc1cccc(-c2ncccn2)c1C(C)(C)C. The van der Waals surface area contributed by atoms with E-state index in [0.29, 0.717) is 0 Å². The molecule has 1 aromatic carbocycles. The summed E-state index contributed by atoms with van der Waals surface area (Å²) in [6.07, 6.45) is 3.58. The highest BCUT2D eigenvalue weighted by Crippen LogP contribution is 2.33. The van der Waals surface area contributed by atoms with Crippen molar-refractivity contribution in [2.45, 2.75) is 33.1 Å². The summed E-state index contributed by atoms with van der Waals surface area (Å²) in [4.78, 5) is 8.71. The van der Waals surface area contributed by atoms with Crippen LogP contribution >= 0.6 is 0 Å². The van der Waals surface area contributed by atoms with E-state index >= 15 is 0 Å². The summed E-state index contributed by atoms with van der Waals surface area (Å²) < 4.78 is 0. The molecule has 0 N–H and O–H groups in total. The fraction of sp³-hybridized carbons (Fsp3) is 0.333. The number of nitrogens with zero attached hydrogens (tertiary/aromatic N) is 2. The molecule has 0 spiro atoms. The van der Waals surface area contributed by atoms with Gasteiger partial charge in [0, 0.05) is 18.0 Å². The van der Waals surface area contributed by atoms with E-state index in [1.54, 1.807) is 12.4 Å². The van der Waals surface area contributed by atoms with E-state index in [9.17, 15) is 0 Å². The van der Waals surface area contributed by atoms with Gasteiger partial charge in [-0.2, -0.15) is 0 Å². The Hall–Kier alpha value is -1.70. The second-order valence-electron chi connectivity index (χ2n) is 5.32. The minimum atomic E-state index is 0.0971. The molecule has 0 bridgehead atoms. The van der Waals surface area contributed by atoms with Crippen LogP contribution in [0.25, 0.3) is 11.4 Å². The Bertz CT molecular complexity index is 510. The number of aromatic nitrogens is 2. The standard InChI is InChI=1S/C15H18N2/c1-11-7-5-8-12(13(11)15(2,3)4)14-16-9-6-10-17-14/h5-10H,1-4H3. The monoisotopic (exact) mass is 226 g/mol.